The lowest BCUT2D eigenvalue weighted by Gasteiger charge is -2.29. The lowest BCUT2D eigenvalue weighted by molar-refractivity contribution is -0.192. The van der Waals surface area contributed by atoms with Crippen LogP contribution in [-0.4, -0.2) is 52.5 Å². The predicted molar refractivity (Wildman–Crippen MR) is 79.0 cm³/mol. The molecule has 1 rings (SSSR count). The topological polar surface area (TPSA) is 113 Å². The molecule has 0 saturated carbocycles. The van der Waals surface area contributed by atoms with E-state index >= 15 is 0 Å². The van der Waals surface area contributed by atoms with Crippen LogP contribution in [0.1, 0.15) is 19.4 Å². The first-order chi connectivity index (χ1) is 10.3. The number of aryl methyl sites for hydroxylation is 1. The third kappa shape index (κ3) is 7.63. The van der Waals surface area contributed by atoms with Gasteiger partial charge in [-0.05, 0) is 6.92 Å². The lowest BCUT2D eigenvalue weighted by Crippen LogP contribution is -2.34. The molecule has 0 spiro atoms. The molecule has 0 amide bonds. The Kier molecular flexibility index (Phi) is 7.23. The molecule has 0 saturated heterocycles. The molecule has 0 unspecified atom stereocenters. The second-order valence-corrected chi connectivity index (χ2v) is 5.72. The number of anilines is 2. The van der Waals surface area contributed by atoms with E-state index in [0.29, 0.717) is 6.54 Å². The van der Waals surface area contributed by atoms with Crippen LogP contribution in [0.5, 0.6) is 0 Å². The normalized spacial score (nSPS) is 11.5. The van der Waals surface area contributed by atoms with Gasteiger partial charge < -0.3 is 20.8 Å². The Morgan fingerprint density at radius 3 is 2.26 bits per heavy atom. The molecule has 0 aliphatic rings. The number of hydrogen-bond donors (Lipinski definition) is 3. The largest absolute Gasteiger partial charge is 0.490 e. The molecule has 0 bridgehead atoms. The number of aromatic nitrogens is 2. The summed E-state index contributed by atoms with van der Waals surface area (Å²) in [6, 6.07) is 0. The fraction of sp³-hybridized carbons (Fsp3) is 0.615. The minimum absolute atomic E-state index is 0.136. The minimum Gasteiger partial charge on any atom is -0.475 e. The quantitative estimate of drug-likeness (QED) is 0.761. The molecule has 0 fully saturated rings. The number of rotatable bonds is 4. The number of carboxylic acids is 1. The molecule has 0 aromatic carbocycles. The molecule has 132 valence electrons. The van der Waals surface area contributed by atoms with Crippen LogP contribution in [0.3, 0.4) is 0 Å². The van der Waals surface area contributed by atoms with Crippen molar-refractivity contribution < 1.29 is 28.2 Å². The monoisotopic (exact) mass is 338 g/mol. The van der Waals surface area contributed by atoms with E-state index in [0.717, 1.165) is 11.4 Å². The van der Waals surface area contributed by atoms with Gasteiger partial charge in [-0.25, -0.2) is 9.78 Å². The molecule has 23 heavy (non-hydrogen) atoms. The van der Waals surface area contributed by atoms with Crippen molar-refractivity contribution in [1.29, 1.82) is 0 Å². The fourth-order valence-corrected chi connectivity index (χ4v) is 1.60. The molecular formula is C13H21F3N4O3. The third-order valence-electron chi connectivity index (χ3n) is 2.66. The van der Waals surface area contributed by atoms with Crippen LogP contribution >= 0.6 is 0 Å². The van der Waals surface area contributed by atoms with Crippen molar-refractivity contribution in [3.63, 3.8) is 0 Å². The van der Waals surface area contributed by atoms with Crippen LogP contribution in [0.25, 0.3) is 0 Å². The second-order valence-electron chi connectivity index (χ2n) is 5.72. The summed E-state index contributed by atoms with van der Waals surface area (Å²) in [7, 11) is 1.94. The van der Waals surface area contributed by atoms with Crippen molar-refractivity contribution in [2.24, 2.45) is 5.41 Å². The van der Waals surface area contributed by atoms with Gasteiger partial charge in [-0.2, -0.15) is 18.2 Å². The summed E-state index contributed by atoms with van der Waals surface area (Å²) in [6.45, 7) is 6.79. The van der Waals surface area contributed by atoms with Crippen molar-refractivity contribution in [1.82, 2.24) is 9.97 Å². The Bertz CT molecular complexity index is 536. The molecule has 7 nitrogen and oxygen atoms in total. The number of nitrogen functional groups attached to an aromatic ring is 1. The number of carboxylic acid groups (broad SMARTS) is 1. The molecule has 1 aromatic rings. The molecule has 10 heteroatoms. The number of carbonyl (C=O) groups is 1. The highest BCUT2D eigenvalue weighted by Gasteiger charge is 2.38. The van der Waals surface area contributed by atoms with Gasteiger partial charge in [-0.1, -0.05) is 13.8 Å². The molecule has 0 aliphatic carbocycles. The van der Waals surface area contributed by atoms with Crippen LogP contribution in [-0.2, 0) is 4.79 Å². The first kappa shape index (κ1) is 20.9. The maximum atomic E-state index is 10.6. The number of alkyl halides is 3. The highest BCUT2D eigenvalue weighted by Crippen LogP contribution is 2.21. The van der Waals surface area contributed by atoms with E-state index in [1.807, 2.05) is 32.7 Å². The molecule has 0 atom stereocenters. The van der Waals surface area contributed by atoms with Gasteiger partial charge in [0.1, 0.15) is 5.82 Å². The highest BCUT2D eigenvalue weighted by molar-refractivity contribution is 5.73. The van der Waals surface area contributed by atoms with Gasteiger partial charge in [0.2, 0.25) is 5.95 Å². The Labute approximate surface area is 132 Å². The third-order valence-corrected chi connectivity index (χ3v) is 2.66. The lowest BCUT2D eigenvalue weighted by atomic mass is 9.94. The van der Waals surface area contributed by atoms with Crippen molar-refractivity contribution in [2.75, 3.05) is 30.8 Å². The van der Waals surface area contributed by atoms with Crippen LogP contribution < -0.4 is 10.6 Å². The van der Waals surface area contributed by atoms with Crippen molar-refractivity contribution in [2.45, 2.75) is 26.9 Å². The average molecular weight is 338 g/mol. The summed E-state index contributed by atoms with van der Waals surface area (Å²) in [5.41, 5.74) is 6.37. The Balaban J connectivity index is 0.000000585. The number of nitrogens with zero attached hydrogens (tertiary/aromatic N) is 3. The van der Waals surface area contributed by atoms with Crippen LogP contribution in [0.2, 0.25) is 0 Å². The second kappa shape index (κ2) is 7.95. The number of aliphatic hydroxyl groups excluding tert-OH is 1. The minimum atomic E-state index is -5.08. The molecule has 1 aromatic heterocycles. The highest BCUT2D eigenvalue weighted by atomic mass is 19.4. The Morgan fingerprint density at radius 2 is 1.87 bits per heavy atom. The van der Waals surface area contributed by atoms with Crippen LogP contribution in [0.15, 0.2) is 6.20 Å². The fourth-order valence-electron chi connectivity index (χ4n) is 1.60. The molecule has 1 heterocycles. The van der Waals surface area contributed by atoms with E-state index in [-0.39, 0.29) is 18.0 Å². The number of hydrogen-bond acceptors (Lipinski definition) is 6. The Morgan fingerprint density at radius 1 is 1.39 bits per heavy atom. The maximum absolute atomic E-state index is 10.6. The van der Waals surface area contributed by atoms with E-state index < -0.39 is 12.1 Å². The van der Waals surface area contributed by atoms with Crippen molar-refractivity contribution >= 4 is 17.7 Å². The summed E-state index contributed by atoms with van der Waals surface area (Å²) in [6.07, 6.45) is -3.37. The SMILES string of the molecule is Cc1cnc(N)nc1N(C)CC(C)(C)CO.O=C(O)C(F)(F)F. The molecule has 4 N–H and O–H groups in total. The summed E-state index contributed by atoms with van der Waals surface area (Å²) >= 11 is 0. The van der Waals surface area contributed by atoms with Gasteiger partial charge >= 0.3 is 12.1 Å². The van der Waals surface area contributed by atoms with Gasteiger partial charge in [0, 0.05) is 37.4 Å². The van der Waals surface area contributed by atoms with Crippen molar-refractivity contribution in [3.8, 4) is 0 Å². The zero-order valence-corrected chi connectivity index (χ0v) is 13.3. The zero-order chi connectivity index (χ0) is 18.4. The van der Waals surface area contributed by atoms with Crippen molar-refractivity contribution in [3.05, 3.63) is 11.8 Å². The maximum Gasteiger partial charge on any atom is 0.490 e. The molecular weight excluding hydrogens is 317 g/mol. The molecule has 0 aliphatic heterocycles. The molecule has 0 radical (unpaired) electrons. The van der Waals surface area contributed by atoms with Gasteiger partial charge in [0.25, 0.3) is 0 Å². The van der Waals surface area contributed by atoms with Gasteiger partial charge in [0.05, 0.1) is 0 Å². The van der Waals surface area contributed by atoms with Gasteiger partial charge in [0.15, 0.2) is 0 Å². The first-order valence-corrected chi connectivity index (χ1v) is 6.51. The van der Waals surface area contributed by atoms with E-state index in [9.17, 15) is 18.3 Å². The van der Waals surface area contributed by atoms with Gasteiger partial charge in [-0.15, -0.1) is 0 Å². The van der Waals surface area contributed by atoms with E-state index in [2.05, 4.69) is 9.97 Å². The number of aliphatic hydroxyl groups is 1. The summed E-state index contributed by atoms with van der Waals surface area (Å²) < 4.78 is 31.7. The van der Waals surface area contributed by atoms with Crippen LogP contribution in [0, 0.1) is 12.3 Å². The standard InChI is InChI=1S/C11H20N4O.C2HF3O2/c1-8-5-13-10(12)14-9(8)15(4)6-11(2,3)7-16;3-2(4,5)1(6)7/h5,16H,6-7H2,1-4H3,(H2,12,13,14);(H,6,7). The summed E-state index contributed by atoms with van der Waals surface area (Å²) in [4.78, 5) is 19.0. The average Bonchev–Trinajstić information content (AvgIpc) is 2.40. The smallest absolute Gasteiger partial charge is 0.475 e. The first-order valence-electron chi connectivity index (χ1n) is 6.51. The Hall–Kier alpha value is -2.10. The predicted octanol–water partition coefficient (Wildman–Crippen LogP) is 1.46. The van der Waals surface area contributed by atoms with E-state index in [1.165, 1.54) is 0 Å². The number of nitrogens with two attached hydrogens (primary N) is 1. The van der Waals surface area contributed by atoms with E-state index in [4.69, 9.17) is 15.6 Å². The van der Waals surface area contributed by atoms with Crippen LogP contribution in [0.4, 0.5) is 24.9 Å². The summed E-state index contributed by atoms with van der Waals surface area (Å²) in [5.74, 6) is -1.67. The van der Waals surface area contributed by atoms with E-state index in [1.54, 1.807) is 6.20 Å². The van der Waals surface area contributed by atoms with Gasteiger partial charge in [-0.3, -0.25) is 0 Å². The summed E-state index contributed by atoms with van der Waals surface area (Å²) in [5, 5.41) is 16.4. The zero-order valence-electron chi connectivity index (χ0n) is 13.3. The number of halogens is 3. The number of aliphatic carboxylic acids is 1.